The van der Waals surface area contributed by atoms with Crippen molar-refractivity contribution in [3.8, 4) is 0 Å². The van der Waals surface area contributed by atoms with Crippen LogP contribution in [0.3, 0.4) is 0 Å². The van der Waals surface area contributed by atoms with E-state index < -0.39 is 0 Å². The van der Waals surface area contributed by atoms with E-state index in [-0.39, 0.29) is 0 Å². The SMILES string of the molecule is COCC(C)C1CCNCC1c1ccc(Cl)cc1. The molecule has 3 heteroatoms. The van der Waals surface area contributed by atoms with Gasteiger partial charge in [0.2, 0.25) is 0 Å². The van der Waals surface area contributed by atoms with Crippen LogP contribution in [0.2, 0.25) is 5.02 Å². The zero-order chi connectivity index (χ0) is 13.0. The number of piperidine rings is 1. The lowest BCUT2D eigenvalue weighted by atomic mass is 9.75. The van der Waals surface area contributed by atoms with Gasteiger partial charge < -0.3 is 10.1 Å². The second-order valence-corrected chi connectivity index (χ2v) is 5.68. The Labute approximate surface area is 115 Å². The molecule has 2 rings (SSSR count). The largest absolute Gasteiger partial charge is 0.384 e. The van der Waals surface area contributed by atoms with E-state index in [0.29, 0.717) is 17.8 Å². The summed E-state index contributed by atoms with van der Waals surface area (Å²) in [5.41, 5.74) is 1.39. The van der Waals surface area contributed by atoms with Crippen molar-refractivity contribution in [3.63, 3.8) is 0 Å². The molecule has 0 bridgehead atoms. The van der Waals surface area contributed by atoms with Gasteiger partial charge in [-0.15, -0.1) is 0 Å². The maximum Gasteiger partial charge on any atom is 0.0490 e. The average Bonchev–Trinajstić information content (AvgIpc) is 2.40. The Morgan fingerprint density at radius 1 is 1.39 bits per heavy atom. The van der Waals surface area contributed by atoms with E-state index >= 15 is 0 Å². The molecule has 0 aliphatic carbocycles. The maximum atomic E-state index is 5.96. The lowest BCUT2D eigenvalue weighted by molar-refractivity contribution is 0.107. The fourth-order valence-electron chi connectivity index (χ4n) is 3.02. The minimum atomic E-state index is 0.571. The summed E-state index contributed by atoms with van der Waals surface area (Å²) in [4.78, 5) is 0. The summed E-state index contributed by atoms with van der Waals surface area (Å²) in [6, 6.07) is 8.30. The van der Waals surface area contributed by atoms with Crippen LogP contribution in [-0.2, 0) is 4.74 Å². The van der Waals surface area contributed by atoms with Gasteiger partial charge in [0.25, 0.3) is 0 Å². The molecule has 1 saturated heterocycles. The number of hydrogen-bond donors (Lipinski definition) is 1. The molecule has 1 aliphatic heterocycles. The quantitative estimate of drug-likeness (QED) is 0.904. The second-order valence-electron chi connectivity index (χ2n) is 5.25. The van der Waals surface area contributed by atoms with Gasteiger partial charge in [-0.2, -0.15) is 0 Å². The second kappa shape index (κ2) is 6.55. The number of benzene rings is 1. The fourth-order valence-corrected chi connectivity index (χ4v) is 3.15. The van der Waals surface area contributed by atoms with E-state index in [9.17, 15) is 0 Å². The molecule has 100 valence electrons. The molecule has 1 N–H and O–H groups in total. The van der Waals surface area contributed by atoms with Gasteiger partial charge in [-0.25, -0.2) is 0 Å². The van der Waals surface area contributed by atoms with Crippen LogP contribution < -0.4 is 5.32 Å². The van der Waals surface area contributed by atoms with Crippen LogP contribution in [0, 0.1) is 11.8 Å². The highest BCUT2D eigenvalue weighted by atomic mass is 35.5. The Kier molecular flexibility index (Phi) is 5.04. The lowest BCUT2D eigenvalue weighted by Gasteiger charge is -2.36. The zero-order valence-electron chi connectivity index (χ0n) is 11.2. The Hall–Kier alpha value is -0.570. The van der Waals surface area contributed by atoms with Crippen LogP contribution in [0.15, 0.2) is 24.3 Å². The Bertz CT molecular complexity index is 365. The molecule has 0 amide bonds. The Morgan fingerprint density at radius 2 is 2.11 bits per heavy atom. The molecule has 3 unspecified atom stereocenters. The third kappa shape index (κ3) is 3.25. The van der Waals surface area contributed by atoms with E-state index in [1.54, 1.807) is 7.11 Å². The summed E-state index contributed by atoms with van der Waals surface area (Å²) in [6.07, 6.45) is 1.22. The van der Waals surface area contributed by atoms with E-state index in [1.165, 1.54) is 12.0 Å². The van der Waals surface area contributed by atoms with Crippen molar-refractivity contribution in [3.05, 3.63) is 34.9 Å². The number of hydrogen-bond acceptors (Lipinski definition) is 2. The minimum Gasteiger partial charge on any atom is -0.384 e. The van der Waals surface area contributed by atoms with Crippen LogP contribution in [0.25, 0.3) is 0 Å². The van der Waals surface area contributed by atoms with Crippen molar-refractivity contribution in [2.24, 2.45) is 11.8 Å². The number of ether oxygens (including phenoxy) is 1. The first-order valence-electron chi connectivity index (χ1n) is 6.67. The number of nitrogens with one attached hydrogen (secondary N) is 1. The van der Waals surface area contributed by atoms with Gasteiger partial charge in [0, 0.05) is 25.3 Å². The van der Waals surface area contributed by atoms with E-state index in [1.807, 2.05) is 12.1 Å². The van der Waals surface area contributed by atoms with Gasteiger partial charge >= 0.3 is 0 Å². The normalized spacial score (nSPS) is 25.9. The van der Waals surface area contributed by atoms with Gasteiger partial charge in [-0.3, -0.25) is 0 Å². The number of halogens is 1. The van der Waals surface area contributed by atoms with Crippen molar-refractivity contribution in [1.29, 1.82) is 0 Å². The van der Waals surface area contributed by atoms with Crippen molar-refractivity contribution in [2.75, 3.05) is 26.8 Å². The molecule has 18 heavy (non-hydrogen) atoms. The van der Waals surface area contributed by atoms with Gasteiger partial charge in [-0.05, 0) is 48.4 Å². The molecule has 0 spiro atoms. The zero-order valence-corrected chi connectivity index (χ0v) is 11.9. The topological polar surface area (TPSA) is 21.3 Å². The highest BCUT2D eigenvalue weighted by molar-refractivity contribution is 6.30. The van der Waals surface area contributed by atoms with E-state index in [0.717, 1.165) is 24.7 Å². The summed E-state index contributed by atoms with van der Waals surface area (Å²) in [7, 11) is 1.79. The molecule has 0 saturated carbocycles. The van der Waals surface area contributed by atoms with Crippen LogP contribution in [0.4, 0.5) is 0 Å². The van der Waals surface area contributed by atoms with Crippen LogP contribution in [0.1, 0.15) is 24.8 Å². The van der Waals surface area contributed by atoms with Crippen molar-refractivity contribution in [1.82, 2.24) is 5.32 Å². The summed E-state index contributed by atoms with van der Waals surface area (Å²) in [6.45, 7) is 5.31. The molecule has 0 aromatic heterocycles. The van der Waals surface area contributed by atoms with Gasteiger partial charge in [-0.1, -0.05) is 30.7 Å². The molecule has 3 atom stereocenters. The van der Waals surface area contributed by atoms with E-state index in [2.05, 4.69) is 24.4 Å². The third-order valence-electron chi connectivity index (χ3n) is 3.99. The van der Waals surface area contributed by atoms with Crippen LogP contribution in [-0.4, -0.2) is 26.8 Å². The van der Waals surface area contributed by atoms with Gasteiger partial charge in [0.1, 0.15) is 0 Å². The van der Waals surface area contributed by atoms with Gasteiger partial charge in [0.05, 0.1) is 0 Å². The predicted octanol–water partition coefficient (Wildman–Crippen LogP) is 3.32. The standard InChI is InChI=1S/C15H22ClNO/c1-11(10-18-2)14-7-8-17-9-15(14)12-3-5-13(16)6-4-12/h3-6,11,14-15,17H,7-10H2,1-2H3. The van der Waals surface area contributed by atoms with Gasteiger partial charge in [0.15, 0.2) is 0 Å². The number of methoxy groups -OCH3 is 1. The summed E-state index contributed by atoms with van der Waals surface area (Å²) < 4.78 is 5.32. The predicted molar refractivity (Wildman–Crippen MR) is 76.2 cm³/mol. The molecule has 1 aromatic carbocycles. The highest BCUT2D eigenvalue weighted by Gasteiger charge is 2.30. The Balaban J connectivity index is 2.14. The molecule has 1 aliphatic rings. The molecular weight excluding hydrogens is 246 g/mol. The lowest BCUT2D eigenvalue weighted by Crippen LogP contribution is -2.38. The summed E-state index contributed by atoms with van der Waals surface area (Å²) in [5.74, 6) is 1.85. The van der Waals surface area contributed by atoms with Crippen molar-refractivity contribution < 1.29 is 4.74 Å². The maximum absolute atomic E-state index is 5.96. The molecule has 1 heterocycles. The number of rotatable bonds is 4. The molecule has 2 nitrogen and oxygen atoms in total. The smallest absolute Gasteiger partial charge is 0.0490 e. The van der Waals surface area contributed by atoms with Crippen LogP contribution in [0.5, 0.6) is 0 Å². The molecule has 0 radical (unpaired) electrons. The first-order valence-corrected chi connectivity index (χ1v) is 7.05. The third-order valence-corrected chi connectivity index (χ3v) is 4.25. The average molecular weight is 268 g/mol. The fraction of sp³-hybridized carbons (Fsp3) is 0.600. The highest BCUT2D eigenvalue weighted by Crippen LogP contribution is 2.35. The minimum absolute atomic E-state index is 0.571. The Morgan fingerprint density at radius 3 is 2.78 bits per heavy atom. The van der Waals surface area contributed by atoms with E-state index in [4.69, 9.17) is 16.3 Å². The molecular formula is C15H22ClNO. The molecule has 1 fully saturated rings. The van der Waals surface area contributed by atoms with Crippen LogP contribution >= 0.6 is 11.6 Å². The van der Waals surface area contributed by atoms with Crippen molar-refractivity contribution in [2.45, 2.75) is 19.3 Å². The summed E-state index contributed by atoms with van der Waals surface area (Å²) in [5, 5.41) is 4.31. The first-order chi connectivity index (χ1) is 8.72. The molecule has 1 aromatic rings. The summed E-state index contributed by atoms with van der Waals surface area (Å²) >= 11 is 5.96. The monoisotopic (exact) mass is 267 g/mol. The first kappa shape index (κ1) is 13.9. The van der Waals surface area contributed by atoms with Crippen molar-refractivity contribution >= 4 is 11.6 Å².